The fourth-order valence-corrected chi connectivity index (χ4v) is 2.61. The molecule has 0 radical (unpaired) electrons. The summed E-state index contributed by atoms with van der Waals surface area (Å²) in [5, 5.41) is 18.8. The van der Waals surface area contributed by atoms with E-state index in [0.717, 1.165) is 5.69 Å². The first-order valence-electron chi connectivity index (χ1n) is 6.72. The number of nitrogens with zero attached hydrogens (tertiary/aromatic N) is 1. The van der Waals surface area contributed by atoms with Crippen LogP contribution in [0.4, 0.5) is 10.1 Å². The molecule has 0 aromatic heterocycles. The summed E-state index contributed by atoms with van der Waals surface area (Å²) in [6.07, 6.45) is 0. The molecular weight excluding hydrogens is 267 g/mol. The van der Waals surface area contributed by atoms with E-state index in [2.05, 4.69) is 0 Å². The van der Waals surface area contributed by atoms with Crippen molar-refractivity contribution in [2.45, 2.75) is 13.0 Å². The fourth-order valence-electron chi connectivity index (χ4n) is 2.61. The zero-order valence-electron chi connectivity index (χ0n) is 11.5. The lowest BCUT2D eigenvalue weighted by molar-refractivity contribution is 0.384. The van der Waals surface area contributed by atoms with Gasteiger partial charge in [0.1, 0.15) is 17.4 Å². The van der Waals surface area contributed by atoms with Crippen molar-refractivity contribution in [1.82, 2.24) is 0 Å². The number of aliphatic hydroxyl groups is 1. The largest absolute Gasteiger partial charge is 0.509 e. The zero-order chi connectivity index (χ0) is 15.0. The first-order chi connectivity index (χ1) is 10.1. The first kappa shape index (κ1) is 13.4. The van der Waals surface area contributed by atoms with Gasteiger partial charge in [0.25, 0.3) is 0 Å². The molecule has 2 N–H and O–H groups in total. The van der Waals surface area contributed by atoms with Gasteiger partial charge in [0.05, 0.1) is 11.6 Å². The van der Waals surface area contributed by atoms with Gasteiger partial charge in [-0.05, 0) is 36.8 Å². The second kappa shape index (κ2) is 5.05. The average molecular weight is 282 g/mol. The van der Waals surface area contributed by atoms with E-state index in [0.29, 0.717) is 11.1 Å². The van der Waals surface area contributed by atoms with Crippen LogP contribution >= 0.6 is 0 Å². The summed E-state index contributed by atoms with van der Waals surface area (Å²) in [7, 11) is 0. The molecule has 0 saturated heterocycles. The number of aliphatic hydroxyl groups excluding tert-OH is 1. The number of nitrogens with one attached hydrogen (secondary N) is 1. The molecule has 4 heteroatoms. The van der Waals surface area contributed by atoms with E-state index in [1.54, 1.807) is 17.0 Å². The molecule has 0 bridgehead atoms. The predicted octanol–water partition coefficient (Wildman–Crippen LogP) is 3.98. The van der Waals surface area contributed by atoms with Crippen molar-refractivity contribution in [2.75, 3.05) is 4.90 Å². The number of hydrogen-bond donors (Lipinski definition) is 2. The molecule has 0 spiro atoms. The topological polar surface area (TPSA) is 47.3 Å². The highest BCUT2D eigenvalue weighted by atomic mass is 19.1. The number of amidine groups is 1. The van der Waals surface area contributed by atoms with E-state index in [4.69, 9.17) is 5.41 Å². The third-order valence-electron chi connectivity index (χ3n) is 3.68. The molecule has 2 aromatic rings. The average Bonchev–Trinajstić information content (AvgIpc) is 2.72. The Labute approximate surface area is 122 Å². The van der Waals surface area contributed by atoms with Gasteiger partial charge in [0.15, 0.2) is 0 Å². The second-order valence-electron chi connectivity index (χ2n) is 5.00. The Balaban J connectivity index is 2.03. The van der Waals surface area contributed by atoms with Gasteiger partial charge >= 0.3 is 0 Å². The molecule has 106 valence electrons. The molecule has 1 aliphatic heterocycles. The van der Waals surface area contributed by atoms with Gasteiger partial charge in [-0.15, -0.1) is 0 Å². The highest BCUT2D eigenvalue weighted by molar-refractivity contribution is 6.31. The third-order valence-corrected chi connectivity index (χ3v) is 3.68. The lowest BCUT2D eigenvalue weighted by atomic mass is 10.0. The van der Waals surface area contributed by atoms with Crippen LogP contribution in [0.1, 0.15) is 12.5 Å². The van der Waals surface area contributed by atoms with Crippen LogP contribution in [0.3, 0.4) is 0 Å². The van der Waals surface area contributed by atoms with Crippen LogP contribution in [0.25, 0.3) is 5.57 Å². The van der Waals surface area contributed by atoms with Crippen LogP contribution < -0.4 is 4.90 Å². The Morgan fingerprint density at radius 1 is 1.05 bits per heavy atom. The number of rotatable bonds is 2. The fraction of sp³-hybridized carbons (Fsp3) is 0.118. The molecule has 1 atom stereocenters. The maximum atomic E-state index is 13.0. The van der Waals surface area contributed by atoms with Crippen molar-refractivity contribution < 1.29 is 9.50 Å². The van der Waals surface area contributed by atoms with Crippen molar-refractivity contribution >= 4 is 17.1 Å². The summed E-state index contributed by atoms with van der Waals surface area (Å²) in [5.41, 5.74) is 1.94. The zero-order valence-corrected chi connectivity index (χ0v) is 11.5. The van der Waals surface area contributed by atoms with E-state index in [9.17, 15) is 9.50 Å². The molecule has 0 aliphatic carbocycles. The Morgan fingerprint density at radius 2 is 1.67 bits per heavy atom. The third kappa shape index (κ3) is 2.18. The van der Waals surface area contributed by atoms with Crippen LogP contribution in [0.5, 0.6) is 0 Å². The minimum Gasteiger partial charge on any atom is -0.509 e. The summed E-state index contributed by atoms with van der Waals surface area (Å²) in [4.78, 5) is 1.76. The van der Waals surface area contributed by atoms with E-state index in [-0.39, 0.29) is 23.5 Å². The van der Waals surface area contributed by atoms with Crippen molar-refractivity contribution in [1.29, 1.82) is 5.41 Å². The number of hydrogen-bond acceptors (Lipinski definition) is 2. The molecule has 0 saturated carbocycles. The molecule has 1 heterocycles. The molecule has 2 aromatic carbocycles. The lowest BCUT2D eigenvalue weighted by Gasteiger charge is -2.24. The molecule has 0 unspecified atom stereocenters. The molecule has 0 fully saturated rings. The second-order valence-corrected chi connectivity index (χ2v) is 5.00. The lowest BCUT2D eigenvalue weighted by Crippen LogP contribution is -2.33. The minimum atomic E-state index is -0.337. The SMILES string of the molecule is C[C@@H]1C(O)=C(c2ccc(F)cc2)C(=N)N1c1ccccc1. The van der Waals surface area contributed by atoms with E-state index >= 15 is 0 Å². The maximum Gasteiger partial charge on any atom is 0.137 e. The minimum absolute atomic E-state index is 0.135. The van der Waals surface area contributed by atoms with Crippen LogP contribution in [-0.2, 0) is 0 Å². The Hall–Kier alpha value is -2.62. The van der Waals surface area contributed by atoms with E-state index < -0.39 is 0 Å². The van der Waals surface area contributed by atoms with Gasteiger partial charge in [0, 0.05) is 5.69 Å². The van der Waals surface area contributed by atoms with Crippen molar-refractivity contribution in [3.05, 3.63) is 71.7 Å². The maximum absolute atomic E-state index is 13.0. The van der Waals surface area contributed by atoms with Crippen molar-refractivity contribution in [2.24, 2.45) is 0 Å². The summed E-state index contributed by atoms with van der Waals surface area (Å²) in [6, 6.07) is 15.0. The Morgan fingerprint density at radius 3 is 2.29 bits per heavy atom. The quantitative estimate of drug-likeness (QED) is 0.875. The van der Waals surface area contributed by atoms with E-state index in [1.807, 2.05) is 37.3 Å². The molecule has 3 nitrogen and oxygen atoms in total. The predicted molar refractivity (Wildman–Crippen MR) is 82.1 cm³/mol. The van der Waals surface area contributed by atoms with Gasteiger partial charge in [-0.3, -0.25) is 5.41 Å². The van der Waals surface area contributed by atoms with Gasteiger partial charge in [-0.25, -0.2) is 4.39 Å². The van der Waals surface area contributed by atoms with Crippen molar-refractivity contribution in [3.63, 3.8) is 0 Å². The summed E-state index contributed by atoms with van der Waals surface area (Å²) >= 11 is 0. The van der Waals surface area contributed by atoms with Crippen molar-refractivity contribution in [3.8, 4) is 0 Å². The Bertz CT molecular complexity index is 707. The number of benzene rings is 2. The number of para-hydroxylation sites is 1. The normalized spacial score (nSPS) is 18.5. The summed E-state index contributed by atoms with van der Waals surface area (Å²) in [6.45, 7) is 1.84. The Kier molecular flexibility index (Phi) is 3.22. The monoisotopic (exact) mass is 282 g/mol. The van der Waals surface area contributed by atoms with E-state index in [1.165, 1.54) is 12.1 Å². The van der Waals surface area contributed by atoms with Gasteiger partial charge in [-0.2, -0.15) is 0 Å². The molecular formula is C17H15FN2O. The van der Waals surface area contributed by atoms with Crippen LogP contribution in [0.15, 0.2) is 60.4 Å². The highest BCUT2D eigenvalue weighted by Gasteiger charge is 2.35. The van der Waals surface area contributed by atoms with Gasteiger partial charge < -0.3 is 10.0 Å². The molecule has 1 aliphatic rings. The first-order valence-corrected chi connectivity index (χ1v) is 6.72. The van der Waals surface area contributed by atoms with Crippen LogP contribution in [-0.4, -0.2) is 17.0 Å². The van der Waals surface area contributed by atoms with Crippen LogP contribution in [0.2, 0.25) is 0 Å². The summed E-state index contributed by atoms with van der Waals surface area (Å²) < 4.78 is 13.0. The molecule has 21 heavy (non-hydrogen) atoms. The molecule has 0 amide bonds. The van der Waals surface area contributed by atoms with Crippen LogP contribution in [0, 0.1) is 11.2 Å². The summed E-state index contributed by atoms with van der Waals surface area (Å²) in [5.74, 6) is 0.0181. The molecule has 3 rings (SSSR count). The highest BCUT2D eigenvalue weighted by Crippen LogP contribution is 2.35. The standard InChI is InChI=1S/C17H15FN2O/c1-11-16(21)15(12-7-9-13(18)10-8-12)17(19)20(11)14-5-3-2-4-6-14/h2-11,19,21H,1H3/t11-/m1/s1. The number of anilines is 1. The van der Waals surface area contributed by atoms with Gasteiger partial charge in [-0.1, -0.05) is 30.3 Å². The van der Waals surface area contributed by atoms with Gasteiger partial charge in [0.2, 0.25) is 0 Å². The smallest absolute Gasteiger partial charge is 0.137 e. The number of halogens is 1.